The molecular formula is C25H21BrN2O3. The zero-order valence-electron chi connectivity index (χ0n) is 17.0. The number of halogens is 1. The van der Waals surface area contributed by atoms with Crippen LogP contribution in [0.4, 0.5) is 0 Å². The molecule has 1 aromatic heterocycles. The topological polar surface area (TPSA) is 72.2 Å². The second-order valence-electron chi connectivity index (χ2n) is 6.65. The molecule has 0 saturated carbocycles. The van der Waals surface area contributed by atoms with Gasteiger partial charge in [-0.1, -0.05) is 78.0 Å². The molecule has 1 atom stereocenters. The quantitative estimate of drug-likeness (QED) is 0.303. The minimum Gasteiger partial charge on any atom is -0.458 e. The number of nitrogens with zero attached hydrogens (tertiary/aromatic N) is 2. The molecule has 0 aliphatic carbocycles. The summed E-state index contributed by atoms with van der Waals surface area (Å²) in [6.07, 6.45) is 1.04. The summed E-state index contributed by atoms with van der Waals surface area (Å²) in [5.74, 6) is -0.479. The highest BCUT2D eigenvalue weighted by atomic mass is 79.9. The van der Waals surface area contributed by atoms with E-state index in [0.717, 1.165) is 15.6 Å². The lowest BCUT2D eigenvalue weighted by Gasteiger charge is -2.19. The van der Waals surface area contributed by atoms with E-state index in [1.165, 1.54) is 6.08 Å². The van der Waals surface area contributed by atoms with Crippen LogP contribution in [0, 0.1) is 11.3 Å². The fourth-order valence-corrected chi connectivity index (χ4v) is 3.30. The Morgan fingerprint density at radius 1 is 1.23 bits per heavy atom. The molecule has 3 rings (SSSR count). The van der Waals surface area contributed by atoms with Gasteiger partial charge in [-0.05, 0) is 30.2 Å². The Labute approximate surface area is 190 Å². The van der Waals surface area contributed by atoms with Crippen LogP contribution >= 0.6 is 15.9 Å². The van der Waals surface area contributed by atoms with Crippen LogP contribution in [0.3, 0.4) is 0 Å². The summed E-state index contributed by atoms with van der Waals surface area (Å²) in [4.78, 5) is 17.3. The van der Waals surface area contributed by atoms with Crippen molar-refractivity contribution in [2.75, 3.05) is 6.61 Å². The fourth-order valence-electron chi connectivity index (χ4n) is 3.03. The molecule has 6 heteroatoms. The van der Waals surface area contributed by atoms with Crippen LogP contribution in [0.5, 0.6) is 5.88 Å². The first kappa shape index (κ1) is 22.3. The van der Waals surface area contributed by atoms with E-state index in [9.17, 15) is 10.1 Å². The van der Waals surface area contributed by atoms with E-state index < -0.39 is 12.1 Å². The summed E-state index contributed by atoms with van der Waals surface area (Å²) in [6, 6.07) is 20.7. The molecule has 31 heavy (non-hydrogen) atoms. The third kappa shape index (κ3) is 5.39. The van der Waals surface area contributed by atoms with Crippen molar-refractivity contribution in [1.82, 2.24) is 4.98 Å². The van der Waals surface area contributed by atoms with Crippen LogP contribution in [-0.4, -0.2) is 17.6 Å². The molecule has 0 amide bonds. The fraction of sp³-hybridized carbons (Fsp3) is 0.160. The second-order valence-corrected chi connectivity index (χ2v) is 7.56. The van der Waals surface area contributed by atoms with E-state index >= 15 is 0 Å². The summed E-state index contributed by atoms with van der Waals surface area (Å²) < 4.78 is 12.2. The molecule has 3 aromatic rings. The molecule has 156 valence electrons. The van der Waals surface area contributed by atoms with Gasteiger partial charge >= 0.3 is 5.97 Å². The Morgan fingerprint density at radius 3 is 2.55 bits per heavy atom. The van der Waals surface area contributed by atoms with Crippen molar-refractivity contribution in [3.63, 3.8) is 0 Å². The number of aryl methyl sites for hydroxylation is 1. The number of pyridine rings is 1. The van der Waals surface area contributed by atoms with Gasteiger partial charge in [0.05, 0.1) is 5.69 Å². The number of hydrogen-bond acceptors (Lipinski definition) is 5. The number of rotatable bonds is 8. The summed E-state index contributed by atoms with van der Waals surface area (Å²) in [6.45, 7) is 5.59. The van der Waals surface area contributed by atoms with Gasteiger partial charge in [-0.15, -0.1) is 0 Å². The van der Waals surface area contributed by atoms with Crippen LogP contribution < -0.4 is 4.74 Å². The molecule has 2 aromatic carbocycles. The van der Waals surface area contributed by atoms with E-state index in [-0.39, 0.29) is 12.5 Å². The molecule has 0 aliphatic rings. The molecular weight excluding hydrogens is 456 g/mol. The van der Waals surface area contributed by atoms with Crippen molar-refractivity contribution >= 4 is 21.9 Å². The van der Waals surface area contributed by atoms with Crippen molar-refractivity contribution in [3.05, 3.63) is 94.5 Å². The highest BCUT2D eigenvalue weighted by Gasteiger charge is 2.27. The predicted molar refractivity (Wildman–Crippen MR) is 122 cm³/mol. The predicted octanol–water partition coefficient (Wildman–Crippen LogP) is 5.79. The van der Waals surface area contributed by atoms with Gasteiger partial charge in [0.15, 0.2) is 0 Å². The molecule has 1 heterocycles. The monoisotopic (exact) mass is 476 g/mol. The smallest absolute Gasteiger partial charge is 0.352 e. The number of hydrogen-bond donors (Lipinski definition) is 0. The summed E-state index contributed by atoms with van der Waals surface area (Å²) in [7, 11) is 0. The molecule has 0 aliphatic heterocycles. The van der Waals surface area contributed by atoms with Crippen molar-refractivity contribution in [2.24, 2.45) is 0 Å². The normalized spacial score (nSPS) is 11.3. The highest BCUT2D eigenvalue weighted by Crippen LogP contribution is 2.31. The highest BCUT2D eigenvalue weighted by molar-refractivity contribution is 9.10. The van der Waals surface area contributed by atoms with Crippen LogP contribution in [-0.2, 0) is 16.0 Å². The van der Waals surface area contributed by atoms with Crippen LogP contribution in [0.25, 0.3) is 11.3 Å². The van der Waals surface area contributed by atoms with Gasteiger partial charge < -0.3 is 9.47 Å². The lowest BCUT2D eigenvalue weighted by Crippen LogP contribution is -2.22. The Hall–Kier alpha value is -3.43. The van der Waals surface area contributed by atoms with E-state index in [4.69, 9.17) is 9.47 Å². The first-order valence-electron chi connectivity index (χ1n) is 9.76. The number of aromatic nitrogens is 1. The van der Waals surface area contributed by atoms with E-state index in [1.807, 2.05) is 43.3 Å². The minimum atomic E-state index is -1.06. The standard InChI is InChI=1S/C25H21BrN2O3/c1-3-14-30-25(29)23(19-8-6-5-7-9-19)31-24-21(16-27)17(4-2)15-22(28-24)18-10-12-20(26)13-11-18/h3,5-13,15,23H,1,4,14H2,2H3. The lowest BCUT2D eigenvalue weighted by atomic mass is 10.0. The molecule has 0 saturated heterocycles. The average Bonchev–Trinajstić information content (AvgIpc) is 2.81. The largest absolute Gasteiger partial charge is 0.458 e. The molecule has 0 bridgehead atoms. The Bertz CT molecular complexity index is 1110. The number of benzene rings is 2. The van der Waals surface area contributed by atoms with Gasteiger partial charge in [-0.25, -0.2) is 9.78 Å². The van der Waals surface area contributed by atoms with Gasteiger partial charge in [0.25, 0.3) is 0 Å². The molecule has 0 fully saturated rings. The molecule has 5 nitrogen and oxygen atoms in total. The maximum absolute atomic E-state index is 12.7. The van der Waals surface area contributed by atoms with Crippen LogP contribution in [0.2, 0.25) is 0 Å². The minimum absolute atomic E-state index is 0.0587. The molecule has 0 N–H and O–H groups in total. The second kappa shape index (κ2) is 10.6. The number of esters is 1. The van der Waals surface area contributed by atoms with Crippen LogP contribution in [0.1, 0.15) is 29.7 Å². The summed E-state index contributed by atoms with van der Waals surface area (Å²) in [5, 5.41) is 9.79. The van der Waals surface area contributed by atoms with Crippen molar-refractivity contribution < 1.29 is 14.3 Å². The van der Waals surface area contributed by atoms with Crippen molar-refractivity contribution in [1.29, 1.82) is 5.26 Å². The molecule has 0 radical (unpaired) electrons. The van der Waals surface area contributed by atoms with Crippen molar-refractivity contribution in [3.8, 4) is 23.2 Å². The Balaban J connectivity index is 2.08. The Morgan fingerprint density at radius 2 is 1.94 bits per heavy atom. The Kier molecular flexibility index (Phi) is 7.58. The maximum atomic E-state index is 12.7. The SMILES string of the molecule is C=CCOC(=O)C(Oc1nc(-c2ccc(Br)cc2)cc(CC)c1C#N)c1ccccc1. The first-order valence-corrected chi connectivity index (χ1v) is 10.6. The number of carbonyl (C=O) groups excluding carboxylic acids is 1. The summed E-state index contributed by atoms with van der Waals surface area (Å²) >= 11 is 3.43. The lowest BCUT2D eigenvalue weighted by molar-refractivity contribution is -0.151. The number of nitriles is 1. The van der Waals surface area contributed by atoms with Gasteiger partial charge in [-0.2, -0.15) is 5.26 Å². The maximum Gasteiger partial charge on any atom is 0.352 e. The van der Waals surface area contributed by atoms with Gasteiger partial charge in [0.1, 0.15) is 18.2 Å². The van der Waals surface area contributed by atoms with E-state index in [0.29, 0.717) is 23.2 Å². The molecule has 0 spiro atoms. The zero-order chi connectivity index (χ0) is 22.2. The van der Waals surface area contributed by atoms with Crippen molar-refractivity contribution in [2.45, 2.75) is 19.4 Å². The average molecular weight is 477 g/mol. The van der Waals surface area contributed by atoms with Gasteiger partial charge in [0, 0.05) is 15.6 Å². The van der Waals surface area contributed by atoms with E-state index in [2.05, 4.69) is 33.6 Å². The third-order valence-corrected chi connectivity index (χ3v) is 5.12. The number of ether oxygens (including phenoxy) is 2. The van der Waals surface area contributed by atoms with Gasteiger partial charge in [-0.3, -0.25) is 0 Å². The summed E-state index contributed by atoms with van der Waals surface area (Å²) in [5.41, 5.74) is 3.23. The first-order chi connectivity index (χ1) is 15.1. The van der Waals surface area contributed by atoms with Crippen LogP contribution in [0.15, 0.2) is 77.8 Å². The third-order valence-electron chi connectivity index (χ3n) is 4.59. The molecule has 1 unspecified atom stereocenters. The van der Waals surface area contributed by atoms with E-state index in [1.54, 1.807) is 24.3 Å². The van der Waals surface area contributed by atoms with Gasteiger partial charge in [0.2, 0.25) is 12.0 Å². The number of carbonyl (C=O) groups is 1. The zero-order valence-corrected chi connectivity index (χ0v) is 18.6.